The molecule has 0 radical (unpaired) electrons. The molecule has 0 bridgehead atoms. The first-order chi connectivity index (χ1) is 13.0. The van der Waals surface area contributed by atoms with E-state index in [1.165, 1.54) is 6.07 Å². The summed E-state index contributed by atoms with van der Waals surface area (Å²) in [5.41, 5.74) is 1.26. The number of pyridine rings is 1. The van der Waals surface area contributed by atoms with Crippen LogP contribution in [-0.2, 0) is 0 Å². The Hall–Kier alpha value is -4.07. The van der Waals surface area contributed by atoms with Crippen molar-refractivity contribution >= 4 is 44.6 Å². The number of hydrogen-bond donors (Lipinski definition) is 1. The van der Waals surface area contributed by atoms with Crippen molar-refractivity contribution in [3.05, 3.63) is 87.0 Å². The molecule has 4 rings (SSSR count). The molecular formula is C19H12N4O4. The fourth-order valence-electron chi connectivity index (χ4n) is 3.05. The maximum Gasteiger partial charge on any atom is 0.372 e. The number of nitrogens with one attached hydrogen (secondary N) is 1. The molecule has 0 aliphatic carbocycles. The van der Waals surface area contributed by atoms with Crippen LogP contribution >= 0.6 is 0 Å². The number of nitro groups is 2. The second kappa shape index (κ2) is 6.34. The van der Waals surface area contributed by atoms with E-state index in [1.807, 2.05) is 12.1 Å². The molecule has 0 spiro atoms. The zero-order valence-corrected chi connectivity index (χ0v) is 13.8. The molecule has 8 heteroatoms. The minimum atomic E-state index is -0.524. The Labute approximate surface area is 152 Å². The van der Waals surface area contributed by atoms with Gasteiger partial charge in [-0.15, -0.1) is 0 Å². The van der Waals surface area contributed by atoms with E-state index >= 15 is 0 Å². The summed E-state index contributed by atoms with van der Waals surface area (Å²) < 4.78 is 0. The van der Waals surface area contributed by atoms with Crippen molar-refractivity contribution in [2.75, 3.05) is 5.32 Å². The van der Waals surface area contributed by atoms with E-state index < -0.39 is 9.85 Å². The van der Waals surface area contributed by atoms with Crippen LogP contribution in [0.25, 0.3) is 21.7 Å². The third-order valence-corrected chi connectivity index (χ3v) is 4.23. The van der Waals surface area contributed by atoms with Gasteiger partial charge < -0.3 is 15.4 Å². The molecule has 0 fully saturated rings. The molecule has 0 amide bonds. The highest BCUT2D eigenvalue weighted by Crippen LogP contribution is 2.34. The third kappa shape index (κ3) is 2.89. The number of nitrogens with zero attached hydrogens (tertiary/aromatic N) is 3. The number of hydrogen-bond acceptors (Lipinski definition) is 6. The minimum Gasteiger partial charge on any atom is -0.358 e. The second-order valence-electron chi connectivity index (χ2n) is 5.87. The molecule has 8 nitrogen and oxygen atoms in total. The fourth-order valence-corrected chi connectivity index (χ4v) is 3.05. The van der Waals surface area contributed by atoms with Gasteiger partial charge in [0.15, 0.2) is 5.52 Å². The van der Waals surface area contributed by atoms with Gasteiger partial charge >= 0.3 is 5.82 Å². The van der Waals surface area contributed by atoms with E-state index in [9.17, 15) is 20.2 Å². The fraction of sp³-hybridized carbons (Fsp3) is 0. The Morgan fingerprint density at radius 1 is 0.778 bits per heavy atom. The van der Waals surface area contributed by atoms with Gasteiger partial charge in [-0.25, -0.2) is 0 Å². The molecule has 132 valence electrons. The number of fused-ring (bicyclic) bond motifs is 3. The minimum absolute atomic E-state index is 0.0799. The van der Waals surface area contributed by atoms with Gasteiger partial charge in [0.05, 0.1) is 10.3 Å². The Kier molecular flexibility index (Phi) is 3.85. The summed E-state index contributed by atoms with van der Waals surface area (Å²) in [6, 6.07) is 18.5. The largest absolute Gasteiger partial charge is 0.372 e. The van der Waals surface area contributed by atoms with Crippen LogP contribution in [0.3, 0.4) is 0 Å². The van der Waals surface area contributed by atoms with Crippen LogP contribution < -0.4 is 5.32 Å². The maximum absolute atomic E-state index is 11.5. The van der Waals surface area contributed by atoms with Gasteiger partial charge in [0.1, 0.15) is 5.69 Å². The summed E-state index contributed by atoms with van der Waals surface area (Å²) >= 11 is 0. The van der Waals surface area contributed by atoms with E-state index in [0.717, 1.165) is 5.39 Å². The van der Waals surface area contributed by atoms with Crippen LogP contribution in [0.2, 0.25) is 0 Å². The molecule has 27 heavy (non-hydrogen) atoms. The first kappa shape index (κ1) is 16.4. The van der Waals surface area contributed by atoms with Crippen LogP contribution in [0, 0.1) is 20.2 Å². The van der Waals surface area contributed by atoms with Crippen LogP contribution in [0.15, 0.2) is 66.7 Å². The Balaban J connectivity index is 1.90. The molecule has 1 heterocycles. The van der Waals surface area contributed by atoms with Gasteiger partial charge in [0, 0.05) is 22.5 Å². The molecule has 4 aromatic rings. The highest BCUT2D eigenvalue weighted by atomic mass is 16.6. The monoisotopic (exact) mass is 360 g/mol. The predicted octanol–water partition coefficient (Wildman–Crippen LogP) is 4.95. The lowest BCUT2D eigenvalue weighted by molar-refractivity contribution is -0.387. The molecule has 3 aromatic carbocycles. The van der Waals surface area contributed by atoms with Crippen LogP contribution in [-0.4, -0.2) is 14.8 Å². The number of benzene rings is 3. The molecule has 0 saturated carbocycles. The number of rotatable bonds is 4. The SMILES string of the molecule is O=[N+]([O-])c1ccccc1Nc1ccc2c(c1)c([N+](=O)[O-])nc1ccccc12. The second-order valence-corrected chi connectivity index (χ2v) is 5.87. The quantitative estimate of drug-likeness (QED) is 0.313. The van der Waals surface area contributed by atoms with Crippen LogP contribution in [0.1, 0.15) is 0 Å². The van der Waals surface area contributed by atoms with Gasteiger partial charge in [-0.05, 0) is 40.2 Å². The average Bonchev–Trinajstić information content (AvgIpc) is 2.67. The van der Waals surface area contributed by atoms with E-state index in [1.54, 1.807) is 48.5 Å². The van der Waals surface area contributed by atoms with Crippen molar-refractivity contribution in [3.8, 4) is 0 Å². The summed E-state index contributed by atoms with van der Waals surface area (Å²) in [6.45, 7) is 0. The number of nitro benzene ring substituents is 1. The van der Waals surface area contributed by atoms with Crippen LogP contribution in [0.4, 0.5) is 22.9 Å². The number of aromatic nitrogens is 1. The maximum atomic E-state index is 11.5. The number of anilines is 2. The Morgan fingerprint density at radius 3 is 2.30 bits per heavy atom. The highest BCUT2D eigenvalue weighted by molar-refractivity contribution is 6.09. The smallest absolute Gasteiger partial charge is 0.358 e. The van der Waals surface area contributed by atoms with Crippen molar-refractivity contribution in [3.63, 3.8) is 0 Å². The average molecular weight is 360 g/mol. The Bertz CT molecular complexity index is 1220. The molecule has 0 saturated heterocycles. The predicted molar refractivity (Wildman–Crippen MR) is 102 cm³/mol. The lowest BCUT2D eigenvalue weighted by atomic mass is 10.0. The van der Waals surface area contributed by atoms with Gasteiger partial charge in [-0.1, -0.05) is 30.3 Å². The van der Waals surface area contributed by atoms with Gasteiger partial charge in [0.25, 0.3) is 5.69 Å². The zero-order chi connectivity index (χ0) is 19.0. The topological polar surface area (TPSA) is 111 Å². The summed E-state index contributed by atoms with van der Waals surface area (Å²) in [5, 5.41) is 27.5. The normalized spacial score (nSPS) is 10.8. The highest BCUT2D eigenvalue weighted by Gasteiger charge is 2.19. The van der Waals surface area contributed by atoms with E-state index in [0.29, 0.717) is 27.7 Å². The van der Waals surface area contributed by atoms with E-state index in [2.05, 4.69) is 10.3 Å². The lowest BCUT2D eigenvalue weighted by Crippen LogP contribution is -1.98. The van der Waals surface area contributed by atoms with E-state index in [4.69, 9.17) is 0 Å². The molecule has 0 aliphatic heterocycles. The van der Waals surface area contributed by atoms with Crippen molar-refractivity contribution < 1.29 is 9.85 Å². The van der Waals surface area contributed by atoms with Crippen LogP contribution in [0.5, 0.6) is 0 Å². The summed E-state index contributed by atoms with van der Waals surface area (Å²) in [7, 11) is 0. The van der Waals surface area contributed by atoms with Crippen molar-refractivity contribution in [1.82, 2.24) is 4.98 Å². The standard InChI is InChI=1S/C19H12N4O4/c24-22(25)18-8-4-3-7-17(18)20-12-9-10-13-14-5-1-2-6-16(14)21-19(23(26)27)15(13)11-12/h1-11,20H. The lowest BCUT2D eigenvalue weighted by Gasteiger charge is -2.09. The van der Waals surface area contributed by atoms with E-state index in [-0.39, 0.29) is 11.5 Å². The molecule has 0 unspecified atom stereocenters. The van der Waals surface area contributed by atoms with Crippen molar-refractivity contribution in [2.24, 2.45) is 0 Å². The molecule has 1 N–H and O–H groups in total. The van der Waals surface area contributed by atoms with Gasteiger partial charge in [-0.3, -0.25) is 10.1 Å². The van der Waals surface area contributed by atoms with Gasteiger partial charge in [-0.2, -0.15) is 0 Å². The summed E-state index contributed by atoms with van der Waals surface area (Å²) in [4.78, 5) is 25.8. The Morgan fingerprint density at radius 2 is 1.52 bits per heavy atom. The number of para-hydroxylation sites is 3. The first-order valence-corrected chi connectivity index (χ1v) is 8.02. The molecule has 1 aromatic heterocycles. The molecular weight excluding hydrogens is 348 g/mol. The van der Waals surface area contributed by atoms with Crippen molar-refractivity contribution in [1.29, 1.82) is 0 Å². The third-order valence-electron chi connectivity index (χ3n) is 4.23. The first-order valence-electron chi connectivity index (χ1n) is 8.02. The van der Waals surface area contributed by atoms with Crippen molar-refractivity contribution in [2.45, 2.75) is 0 Å². The summed E-state index contributed by atoms with van der Waals surface area (Å²) in [5.74, 6) is -0.255. The van der Waals surface area contributed by atoms with Gasteiger partial charge in [0.2, 0.25) is 0 Å². The molecule has 0 atom stereocenters. The molecule has 0 aliphatic rings. The summed E-state index contributed by atoms with van der Waals surface area (Å²) in [6.07, 6.45) is 0. The zero-order valence-electron chi connectivity index (χ0n) is 13.8.